The van der Waals surface area contributed by atoms with Gasteiger partial charge in [-0.3, -0.25) is 0 Å². The van der Waals surface area contributed by atoms with Gasteiger partial charge in [0.15, 0.2) is 0 Å². The van der Waals surface area contributed by atoms with Gasteiger partial charge in [0.1, 0.15) is 0 Å². The maximum Gasteiger partial charge on any atom is 0.338 e. The van der Waals surface area contributed by atoms with Crippen LogP contribution in [-0.4, -0.2) is 25.2 Å². The van der Waals surface area contributed by atoms with Gasteiger partial charge in [0.05, 0.1) is 18.8 Å². The molecule has 0 aliphatic rings. The molecule has 0 unspecified atom stereocenters. The summed E-state index contributed by atoms with van der Waals surface area (Å²) in [5.74, 6) is -0.743. The molecule has 0 saturated carbocycles. The molecule has 4 heteroatoms. The van der Waals surface area contributed by atoms with Gasteiger partial charge in [-0.1, -0.05) is 55.1 Å². The Kier molecular flexibility index (Phi) is 6.96. The van der Waals surface area contributed by atoms with Crippen LogP contribution in [0.5, 0.6) is 0 Å². The maximum atomic E-state index is 12.3. The van der Waals surface area contributed by atoms with Crippen LogP contribution in [0.25, 0.3) is 11.1 Å². The first kappa shape index (κ1) is 18.5. The monoisotopic (exact) mass is 338 g/mol. The summed E-state index contributed by atoms with van der Waals surface area (Å²) in [7, 11) is 0. The Balaban J connectivity index is 1.84. The van der Waals surface area contributed by atoms with E-state index in [-0.39, 0.29) is 12.6 Å². The number of ether oxygens (including phenoxy) is 2. The fourth-order valence-electron chi connectivity index (χ4n) is 2.27. The molecule has 0 atom stereocenters. The first-order valence-corrected chi connectivity index (χ1v) is 8.24. The number of hydrogen-bond donors (Lipinski definition) is 0. The molecule has 0 radical (unpaired) electrons. The molecule has 4 nitrogen and oxygen atoms in total. The summed E-state index contributed by atoms with van der Waals surface area (Å²) in [6, 6.07) is 17.1. The molecule has 0 fully saturated rings. The SMILES string of the molecule is C=C(C)C(=O)OCCCCOC(=O)c1ccccc1-c1ccccc1. The summed E-state index contributed by atoms with van der Waals surface area (Å²) in [5.41, 5.74) is 2.75. The minimum Gasteiger partial charge on any atom is -0.462 e. The summed E-state index contributed by atoms with van der Waals surface area (Å²) < 4.78 is 10.3. The van der Waals surface area contributed by atoms with Crippen molar-refractivity contribution in [2.75, 3.05) is 13.2 Å². The lowest BCUT2D eigenvalue weighted by molar-refractivity contribution is -0.139. The molecule has 0 amide bonds. The quantitative estimate of drug-likeness (QED) is 0.406. The van der Waals surface area contributed by atoms with Crippen LogP contribution in [-0.2, 0) is 14.3 Å². The predicted octanol–water partition coefficient (Wildman–Crippen LogP) is 4.41. The molecule has 2 aromatic rings. The molecule has 0 aliphatic carbocycles. The number of benzene rings is 2. The van der Waals surface area contributed by atoms with Crippen molar-refractivity contribution in [3.63, 3.8) is 0 Å². The highest BCUT2D eigenvalue weighted by molar-refractivity contribution is 5.97. The number of carbonyl (C=O) groups is 2. The van der Waals surface area contributed by atoms with Crippen LogP contribution in [0.15, 0.2) is 66.7 Å². The van der Waals surface area contributed by atoms with E-state index in [0.29, 0.717) is 30.6 Å². The normalized spacial score (nSPS) is 10.1. The average Bonchev–Trinajstić information content (AvgIpc) is 2.64. The van der Waals surface area contributed by atoms with Crippen LogP contribution in [0.4, 0.5) is 0 Å². The van der Waals surface area contributed by atoms with Gasteiger partial charge in [-0.2, -0.15) is 0 Å². The van der Waals surface area contributed by atoms with E-state index in [9.17, 15) is 9.59 Å². The molecule has 0 aromatic heterocycles. The maximum absolute atomic E-state index is 12.3. The van der Waals surface area contributed by atoms with E-state index in [0.717, 1.165) is 11.1 Å². The van der Waals surface area contributed by atoms with Crippen molar-refractivity contribution in [3.05, 3.63) is 72.3 Å². The van der Waals surface area contributed by atoms with Gasteiger partial charge in [0.25, 0.3) is 0 Å². The van der Waals surface area contributed by atoms with Crippen LogP contribution in [0, 0.1) is 0 Å². The predicted molar refractivity (Wildman–Crippen MR) is 97.2 cm³/mol. The van der Waals surface area contributed by atoms with Crippen LogP contribution >= 0.6 is 0 Å². The summed E-state index contributed by atoms with van der Waals surface area (Å²) in [6.45, 7) is 5.70. The van der Waals surface area contributed by atoms with E-state index >= 15 is 0 Å². The average molecular weight is 338 g/mol. The van der Waals surface area contributed by atoms with Crippen molar-refractivity contribution in [3.8, 4) is 11.1 Å². The summed E-state index contributed by atoms with van der Waals surface area (Å²) >= 11 is 0. The number of carbonyl (C=O) groups excluding carboxylic acids is 2. The van der Waals surface area contributed by atoms with Gasteiger partial charge in [0.2, 0.25) is 0 Å². The Hall–Kier alpha value is -2.88. The van der Waals surface area contributed by atoms with Crippen molar-refractivity contribution >= 4 is 11.9 Å². The molecule has 0 bridgehead atoms. The molecule has 2 rings (SSSR count). The second-order valence-corrected chi connectivity index (χ2v) is 5.67. The van der Waals surface area contributed by atoms with E-state index in [4.69, 9.17) is 9.47 Å². The lowest BCUT2D eigenvalue weighted by atomic mass is 10.00. The Morgan fingerprint density at radius 2 is 1.48 bits per heavy atom. The molecule has 130 valence electrons. The molecular formula is C21H22O4. The standard InChI is InChI=1S/C21H22O4/c1-16(2)20(22)24-14-8-9-15-25-21(23)19-13-7-6-12-18(19)17-10-4-3-5-11-17/h3-7,10-13H,1,8-9,14-15H2,2H3. The van der Waals surface area contributed by atoms with E-state index in [1.165, 1.54) is 0 Å². The Bertz CT molecular complexity index is 735. The molecule has 0 spiro atoms. The first-order valence-electron chi connectivity index (χ1n) is 8.24. The molecule has 0 saturated heterocycles. The van der Waals surface area contributed by atoms with Gasteiger partial charge in [-0.05, 0) is 37.0 Å². The highest BCUT2D eigenvalue weighted by Crippen LogP contribution is 2.24. The Morgan fingerprint density at radius 3 is 2.16 bits per heavy atom. The smallest absolute Gasteiger partial charge is 0.338 e. The lowest BCUT2D eigenvalue weighted by Gasteiger charge is -2.10. The molecule has 25 heavy (non-hydrogen) atoms. The van der Waals surface area contributed by atoms with Crippen molar-refractivity contribution in [1.29, 1.82) is 0 Å². The van der Waals surface area contributed by atoms with Crippen molar-refractivity contribution in [1.82, 2.24) is 0 Å². The zero-order valence-electron chi connectivity index (χ0n) is 14.4. The molecule has 0 heterocycles. The van der Waals surface area contributed by atoms with Crippen LogP contribution in [0.2, 0.25) is 0 Å². The highest BCUT2D eigenvalue weighted by Gasteiger charge is 2.13. The van der Waals surface area contributed by atoms with Crippen molar-refractivity contribution in [2.24, 2.45) is 0 Å². The zero-order valence-corrected chi connectivity index (χ0v) is 14.4. The molecule has 0 aliphatic heterocycles. The second-order valence-electron chi connectivity index (χ2n) is 5.67. The van der Waals surface area contributed by atoms with E-state index in [2.05, 4.69) is 6.58 Å². The van der Waals surface area contributed by atoms with Gasteiger partial charge < -0.3 is 9.47 Å². The number of esters is 2. The topological polar surface area (TPSA) is 52.6 Å². The Morgan fingerprint density at radius 1 is 0.880 bits per heavy atom. The van der Waals surface area contributed by atoms with Crippen LogP contribution in [0.3, 0.4) is 0 Å². The minimum absolute atomic E-state index is 0.284. The molecule has 2 aromatic carbocycles. The number of rotatable bonds is 8. The van der Waals surface area contributed by atoms with E-state index in [1.54, 1.807) is 13.0 Å². The van der Waals surface area contributed by atoms with E-state index < -0.39 is 5.97 Å². The summed E-state index contributed by atoms with van der Waals surface area (Å²) in [6.07, 6.45) is 1.26. The lowest BCUT2D eigenvalue weighted by Crippen LogP contribution is -2.10. The fourth-order valence-corrected chi connectivity index (χ4v) is 2.27. The van der Waals surface area contributed by atoms with E-state index in [1.807, 2.05) is 48.5 Å². The number of hydrogen-bond acceptors (Lipinski definition) is 4. The third-order valence-electron chi connectivity index (χ3n) is 3.59. The Labute approximate surface area is 148 Å². The summed E-state index contributed by atoms with van der Waals surface area (Å²) in [4.78, 5) is 23.6. The zero-order chi connectivity index (χ0) is 18.1. The van der Waals surface area contributed by atoms with Crippen molar-refractivity contribution in [2.45, 2.75) is 19.8 Å². The molecule has 0 N–H and O–H groups in total. The van der Waals surface area contributed by atoms with Gasteiger partial charge in [-0.15, -0.1) is 0 Å². The number of unbranched alkanes of at least 4 members (excludes halogenated alkanes) is 1. The van der Waals surface area contributed by atoms with Gasteiger partial charge in [0, 0.05) is 5.57 Å². The summed E-state index contributed by atoms with van der Waals surface area (Å²) in [5, 5.41) is 0. The van der Waals surface area contributed by atoms with Crippen molar-refractivity contribution < 1.29 is 19.1 Å². The van der Waals surface area contributed by atoms with Crippen LogP contribution in [0.1, 0.15) is 30.1 Å². The largest absolute Gasteiger partial charge is 0.462 e. The van der Waals surface area contributed by atoms with Crippen LogP contribution < -0.4 is 0 Å². The molecular weight excluding hydrogens is 316 g/mol. The van der Waals surface area contributed by atoms with Gasteiger partial charge in [-0.25, -0.2) is 9.59 Å². The third-order valence-corrected chi connectivity index (χ3v) is 3.59. The highest BCUT2D eigenvalue weighted by atomic mass is 16.5. The minimum atomic E-state index is -0.395. The fraction of sp³-hybridized carbons (Fsp3) is 0.238. The van der Waals surface area contributed by atoms with Gasteiger partial charge >= 0.3 is 11.9 Å². The first-order chi connectivity index (χ1) is 12.1. The second kappa shape index (κ2) is 9.42. The third kappa shape index (κ3) is 5.60.